The van der Waals surface area contributed by atoms with Gasteiger partial charge in [0.25, 0.3) is 0 Å². The molecule has 1 amide bonds. The molecular weight excluding hydrogens is 361 g/mol. The molecule has 0 radical (unpaired) electrons. The van der Waals surface area contributed by atoms with Crippen LogP contribution in [0.25, 0.3) is 11.7 Å². The van der Waals surface area contributed by atoms with Gasteiger partial charge in [0, 0.05) is 31.4 Å². The smallest absolute Gasteiger partial charge is 0.244 e. The molecule has 0 aliphatic heterocycles. The number of amides is 1. The minimum Gasteiger partial charge on any atom is -0.493 e. The molecule has 3 aromatic rings. The Morgan fingerprint density at radius 3 is 2.89 bits per heavy atom. The molecule has 3 rings (SSSR count). The first-order valence-electron chi connectivity index (χ1n) is 8.99. The molecule has 0 bridgehead atoms. The van der Waals surface area contributed by atoms with Crippen LogP contribution in [0.4, 0.5) is 4.39 Å². The van der Waals surface area contributed by atoms with Crippen molar-refractivity contribution in [2.75, 3.05) is 20.3 Å². The molecule has 1 N–H and O–H groups in total. The highest BCUT2D eigenvalue weighted by molar-refractivity contribution is 5.91. The number of aromatic nitrogens is 2. The van der Waals surface area contributed by atoms with Crippen molar-refractivity contribution in [3.8, 4) is 11.5 Å². The molecule has 0 fully saturated rings. The van der Waals surface area contributed by atoms with Crippen molar-refractivity contribution in [2.45, 2.75) is 13.3 Å². The maximum Gasteiger partial charge on any atom is 0.244 e. The maximum atomic E-state index is 13.2. The number of hydrogen-bond donors (Lipinski definition) is 1. The number of nitrogens with zero attached hydrogens (tertiary/aromatic N) is 2. The molecule has 0 saturated heterocycles. The Morgan fingerprint density at radius 1 is 1.25 bits per heavy atom. The molecule has 0 atom stereocenters. The Kier molecular flexibility index (Phi) is 6.26. The molecule has 6 nitrogen and oxygen atoms in total. The summed E-state index contributed by atoms with van der Waals surface area (Å²) < 4.78 is 25.6. The number of hydrogen-bond acceptors (Lipinski definition) is 4. The molecule has 28 heavy (non-hydrogen) atoms. The molecule has 146 valence electrons. The van der Waals surface area contributed by atoms with Crippen LogP contribution < -0.4 is 14.8 Å². The van der Waals surface area contributed by atoms with Crippen LogP contribution in [0, 0.1) is 5.82 Å². The Morgan fingerprint density at radius 2 is 2.11 bits per heavy atom. The topological polar surface area (TPSA) is 64.9 Å². The summed E-state index contributed by atoms with van der Waals surface area (Å²) in [6.07, 6.45) is 6.86. The standard InChI is InChI=1S/C21H22FN3O3/c1-3-28-18-7-4-15(12-19(18)27-2)5-9-21(26)23-11-10-17-14-25-13-16(22)6-8-20(25)24-17/h4-9,12-14H,3,10-11H2,1-2H3,(H,23,26)/b9-5+. The number of carbonyl (C=O) groups excluding carboxylic acids is 1. The fourth-order valence-corrected chi connectivity index (χ4v) is 2.74. The van der Waals surface area contributed by atoms with Gasteiger partial charge in [-0.25, -0.2) is 9.37 Å². The fourth-order valence-electron chi connectivity index (χ4n) is 2.74. The van der Waals surface area contributed by atoms with E-state index >= 15 is 0 Å². The van der Waals surface area contributed by atoms with Crippen LogP contribution in [0.15, 0.2) is 48.8 Å². The normalized spacial score (nSPS) is 11.1. The van der Waals surface area contributed by atoms with E-state index in [1.54, 1.807) is 29.8 Å². The van der Waals surface area contributed by atoms with E-state index in [4.69, 9.17) is 9.47 Å². The lowest BCUT2D eigenvalue weighted by molar-refractivity contribution is -0.116. The predicted molar refractivity (Wildman–Crippen MR) is 105 cm³/mol. The van der Waals surface area contributed by atoms with Gasteiger partial charge in [-0.2, -0.15) is 0 Å². The van der Waals surface area contributed by atoms with Crippen LogP contribution in [0.3, 0.4) is 0 Å². The average Bonchev–Trinajstić information content (AvgIpc) is 3.09. The molecule has 0 unspecified atom stereocenters. The Labute approximate surface area is 162 Å². The minimum absolute atomic E-state index is 0.206. The van der Waals surface area contributed by atoms with Gasteiger partial charge < -0.3 is 19.2 Å². The van der Waals surface area contributed by atoms with Crippen LogP contribution in [-0.2, 0) is 11.2 Å². The fraction of sp³-hybridized carbons (Fsp3) is 0.238. The minimum atomic E-state index is -0.319. The number of nitrogens with one attached hydrogen (secondary N) is 1. The van der Waals surface area contributed by atoms with Crippen LogP contribution in [0.5, 0.6) is 11.5 Å². The molecule has 2 heterocycles. The molecule has 0 aliphatic rings. The first kappa shape index (κ1) is 19.4. The third-order valence-electron chi connectivity index (χ3n) is 4.06. The average molecular weight is 383 g/mol. The van der Waals surface area contributed by atoms with E-state index in [-0.39, 0.29) is 11.7 Å². The number of halogens is 1. The van der Waals surface area contributed by atoms with Gasteiger partial charge in [0.15, 0.2) is 11.5 Å². The molecule has 0 spiro atoms. The number of benzene rings is 1. The molecule has 0 saturated carbocycles. The van der Waals surface area contributed by atoms with Crippen LogP contribution in [-0.4, -0.2) is 35.6 Å². The quantitative estimate of drug-likeness (QED) is 0.607. The van der Waals surface area contributed by atoms with Gasteiger partial charge in [0.2, 0.25) is 5.91 Å². The zero-order valence-electron chi connectivity index (χ0n) is 15.8. The SMILES string of the molecule is CCOc1ccc(/C=C/C(=O)NCCc2cn3cc(F)ccc3n2)cc1OC. The van der Waals surface area contributed by atoms with Crippen molar-refractivity contribution in [1.29, 1.82) is 0 Å². The van der Waals surface area contributed by atoms with E-state index in [2.05, 4.69) is 10.3 Å². The summed E-state index contributed by atoms with van der Waals surface area (Å²) in [6.45, 7) is 2.89. The number of pyridine rings is 1. The van der Waals surface area contributed by atoms with Crippen molar-refractivity contribution in [3.05, 3.63) is 65.9 Å². The lowest BCUT2D eigenvalue weighted by Gasteiger charge is -2.09. The van der Waals surface area contributed by atoms with Gasteiger partial charge in [-0.1, -0.05) is 6.07 Å². The van der Waals surface area contributed by atoms with E-state index in [1.807, 2.05) is 25.1 Å². The highest BCUT2D eigenvalue weighted by Gasteiger charge is 2.05. The largest absolute Gasteiger partial charge is 0.493 e. The highest BCUT2D eigenvalue weighted by atomic mass is 19.1. The summed E-state index contributed by atoms with van der Waals surface area (Å²) in [5.74, 6) is 0.759. The van der Waals surface area contributed by atoms with Gasteiger partial charge in [-0.3, -0.25) is 4.79 Å². The van der Waals surface area contributed by atoms with E-state index in [9.17, 15) is 9.18 Å². The Bertz CT molecular complexity index is 998. The number of fused-ring (bicyclic) bond motifs is 1. The predicted octanol–water partition coefficient (Wildman–Crippen LogP) is 3.25. The van der Waals surface area contributed by atoms with Crippen LogP contribution >= 0.6 is 0 Å². The summed E-state index contributed by atoms with van der Waals surface area (Å²) in [5.41, 5.74) is 2.29. The van der Waals surface area contributed by atoms with E-state index in [0.29, 0.717) is 36.7 Å². The second-order valence-corrected chi connectivity index (χ2v) is 6.06. The molecule has 0 aliphatic carbocycles. The summed E-state index contributed by atoms with van der Waals surface area (Å²) in [5, 5.41) is 2.81. The third kappa shape index (κ3) is 4.88. The van der Waals surface area contributed by atoms with Gasteiger partial charge in [-0.05, 0) is 42.8 Å². The monoisotopic (exact) mass is 383 g/mol. The van der Waals surface area contributed by atoms with Crippen LogP contribution in [0.1, 0.15) is 18.2 Å². The lowest BCUT2D eigenvalue weighted by atomic mass is 10.2. The second-order valence-electron chi connectivity index (χ2n) is 6.06. The number of ether oxygens (including phenoxy) is 2. The van der Waals surface area contributed by atoms with Gasteiger partial charge >= 0.3 is 0 Å². The summed E-state index contributed by atoms with van der Waals surface area (Å²) >= 11 is 0. The van der Waals surface area contributed by atoms with Gasteiger partial charge in [0.05, 0.1) is 19.4 Å². The van der Waals surface area contributed by atoms with Crippen LogP contribution in [0.2, 0.25) is 0 Å². The molecular formula is C21H22FN3O3. The number of methoxy groups -OCH3 is 1. The first-order valence-corrected chi connectivity index (χ1v) is 8.99. The third-order valence-corrected chi connectivity index (χ3v) is 4.06. The van der Waals surface area contributed by atoms with Gasteiger partial charge in [0.1, 0.15) is 11.5 Å². The second kappa shape index (κ2) is 9.03. The maximum absolute atomic E-state index is 13.2. The van der Waals surface area contributed by atoms with E-state index in [0.717, 1.165) is 11.3 Å². The first-order chi connectivity index (χ1) is 13.6. The number of carbonyl (C=O) groups is 1. The molecule has 7 heteroatoms. The van der Waals surface area contributed by atoms with Crippen molar-refractivity contribution in [2.24, 2.45) is 0 Å². The number of imidazole rings is 1. The summed E-state index contributed by atoms with van der Waals surface area (Å²) in [6, 6.07) is 8.46. The van der Waals surface area contributed by atoms with E-state index < -0.39 is 0 Å². The van der Waals surface area contributed by atoms with E-state index in [1.165, 1.54) is 18.3 Å². The summed E-state index contributed by atoms with van der Waals surface area (Å²) in [4.78, 5) is 16.4. The Hall–Kier alpha value is -3.35. The van der Waals surface area contributed by atoms with Crippen molar-refractivity contribution in [1.82, 2.24) is 14.7 Å². The van der Waals surface area contributed by atoms with Crippen molar-refractivity contribution < 1.29 is 18.7 Å². The number of rotatable bonds is 8. The zero-order valence-corrected chi connectivity index (χ0v) is 15.8. The lowest BCUT2D eigenvalue weighted by Crippen LogP contribution is -2.23. The highest BCUT2D eigenvalue weighted by Crippen LogP contribution is 2.28. The van der Waals surface area contributed by atoms with Crippen molar-refractivity contribution >= 4 is 17.6 Å². The summed E-state index contributed by atoms with van der Waals surface area (Å²) in [7, 11) is 1.58. The molecule has 2 aromatic heterocycles. The van der Waals surface area contributed by atoms with Crippen molar-refractivity contribution in [3.63, 3.8) is 0 Å². The van der Waals surface area contributed by atoms with Gasteiger partial charge in [-0.15, -0.1) is 0 Å². The zero-order chi connectivity index (χ0) is 19.9. The molecule has 1 aromatic carbocycles. The Balaban J connectivity index is 1.53.